The van der Waals surface area contributed by atoms with Crippen LogP contribution in [0.4, 0.5) is 4.79 Å². The summed E-state index contributed by atoms with van der Waals surface area (Å²) < 4.78 is 5.33. The van der Waals surface area contributed by atoms with Crippen molar-refractivity contribution in [1.29, 1.82) is 0 Å². The van der Waals surface area contributed by atoms with Crippen LogP contribution in [0.2, 0.25) is 5.02 Å². The molecule has 4 amide bonds. The molecule has 2 aromatic rings. The normalized spacial score (nSPS) is 21.0. The van der Waals surface area contributed by atoms with Gasteiger partial charge < -0.3 is 15.4 Å². The average molecular weight is 478 g/mol. The smallest absolute Gasteiger partial charge is 0.329 e. The number of carbonyl (C=O) groups is 3. The largest absolute Gasteiger partial charge is 0.377 e. The summed E-state index contributed by atoms with van der Waals surface area (Å²) in [5.74, 6) is -0.929. The molecule has 2 unspecified atom stereocenters. The Morgan fingerprint density at radius 1 is 1.12 bits per heavy atom. The van der Waals surface area contributed by atoms with Gasteiger partial charge in [0.2, 0.25) is 5.91 Å². The fraction of sp³-hybridized carbons (Fsp3) is 0.192. The van der Waals surface area contributed by atoms with Crippen molar-refractivity contribution in [2.45, 2.75) is 13.0 Å². The number of rotatable bonds is 6. The van der Waals surface area contributed by atoms with E-state index < -0.39 is 17.8 Å². The molecule has 0 spiro atoms. The van der Waals surface area contributed by atoms with Gasteiger partial charge >= 0.3 is 6.03 Å². The van der Waals surface area contributed by atoms with E-state index in [1.165, 1.54) is 0 Å². The minimum atomic E-state index is -0.634. The fourth-order valence-electron chi connectivity index (χ4n) is 3.82. The summed E-state index contributed by atoms with van der Waals surface area (Å²) in [5, 5.41) is 5.94. The molecule has 1 saturated heterocycles. The Bertz CT molecular complexity index is 1200. The monoisotopic (exact) mass is 477 g/mol. The van der Waals surface area contributed by atoms with E-state index in [0.29, 0.717) is 10.7 Å². The summed E-state index contributed by atoms with van der Waals surface area (Å²) in [5.41, 5.74) is 3.48. The molecule has 1 fully saturated rings. The number of imide groups is 1. The Kier molecular flexibility index (Phi) is 6.95. The molecule has 2 aromatic carbocycles. The van der Waals surface area contributed by atoms with Crippen LogP contribution >= 0.6 is 11.6 Å². The third kappa shape index (κ3) is 5.27. The van der Waals surface area contributed by atoms with Crippen LogP contribution in [0.25, 0.3) is 17.2 Å². The van der Waals surface area contributed by atoms with E-state index in [1.807, 2.05) is 67.6 Å². The third-order valence-electron chi connectivity index (χ3n) is 5.65. The lowest BCUT2D eigenvalue weighted by Crippen LogP contribution is -2.40. The van der Waals surface area contributed by atoms with Crippen molar-refractivity contribution in [3.05, 3.63) is 88.7 Å². The van der Waals surface area contributed by atoms with E-state index in [9.17, 15) is 14.4 Å². The van der Waals surface area contributed by atoms with Crippen LogP contribution in [0.1, 0.15) is 12.5 Å². The molecular weight excluding hydrogens is 454 g/mol. The second-order valence-electron chi connectivity index (χ2n) is 8.10. The molecule has 0 saturated carbocycles. The van der Waals surface area contributed by atoms with Gasteiger partial charge in [0.25, 0.3) is 5.91 Å². The van der Waals surface area contributed by atoms with E-state index in [2.05, 4.69) is 10.6 Å². The summed E-state index contributed by atoms with van der Waals surface area (Å²) in [6.07, 6.45) is 7.00. The van der Waals surface area contributed by atoms with Gasteiger partial charge in [-0.2, -0.15) is 0 Å². The first-order valence-electron chi connectivity index (χ1n) is 10.8. The fourth-order valence-corrected chi connectivity index (χ4v) is 3.95. The number of allylic oxidation sites excluding steroid dienone is 1. The number of hydrogen-bond donors (Lipinski definition) is 2. The third-order valence-corrected chi connectivity index (χ3v) is 5.90. The van der Waals surface area contributed by atoms with Crippen LogP contribution in [0.5, 0.6) is 0 Å². The Balaban J connectivity index is 1.40. The standard InChI is InChI=1S/C26H24ClN3O4/c1-16-13-21(11-12-23(16)34-2)28-24(31)15-30-25(32)22(29-26(30)33)14-17-3-5-18(6-4-17)19-7-9-20(27)10-8-19/h3-14,16,23H,15H2,1-2H3,(H,28,31)(H,29,33)/b22-14-. The molecule has 0 aromatic heterocycles. The summed E-state index contributed by atoms with van der Waals surface area (Å²) in [4.78, 5) is 38.4. The number of hydrogen-bond acceptors (Lipinski definition) is 4. The molecule has 2 atom stereocenters. The first kappa shape index (κ1) is 23.5. The van der Waals surface area contributed by atoms with Crippen molar-refractivity contribution in [3.8, 4) is 11.1 Å². The number of halogens is 1. The lowest BCUT2D eigenvalue weighted by atomic mass is 9.98. The van der Waals surface area contributed by atoms with Crippen molar-refractivity contribution in [3.63, 3.8) is 0 Å². The number of urea groups is 1. The van der Waals surface area contributed by atoms with Crippen LogP contribution in [0.15, 0.2) is 78.2 Å². The van der Waals surface area contributed by atoms with Crippen molar-refractivity contribution in [2.24, 2.45) is 5.92 Å². The Morgan fingerprint density at radius 2 is 1.76 bits per heavy atom. The quantitative estimate of drug-likeness (QED) is 0.484. The Labute approximate surface area is 202 Å². The van der Waals surface area contributed by atoms with Crippen molar-refractivity contribution >= 4 is 35.5 Å². The molecule has 8 heteroatoms. The zero-order valence-corrected chi connectivity index (χ0v) is 19.5. The summed E-state index contributed by atoms with van der Waals surface area (Å²) in [6, 6.07) is 14.4. The van der Waals surface area contributed by atoms with E-state index >= 15 is 0 Å². The summed E-state index contributed by atoms with van der Waals surface area (Å²) in [6.45, 7) is 1.59. The summed E-state index contributed by atoms with van der Waals surface area (Å²) >= 11 is 5.94. The number of nitrogens with one attached hydrogen (secondary N) is 2. The molecule has 2 N–H and O–H groups in total. The van der Waals surface area contributed by atoms with Gasteiger partial charge in [0.05, 0.1) is 6.10 Å². The molecule has 1 heterocycles. The van der Waals surface area contributed by atoms with Gasteiger partial charge in [0, 0.05) is 23.7 Å². The maximum absolute atomic E-state index is 12.7. The molecule has 1 aliphatic heterocycles. The second kappa shape index (κ2) is 10.1. The Hall–Kier alpha value is -3.68. The molecule has 1 aliphatic carbocycles. The van der Waals surface area contributed by atoms with Gasteiger partial charge in [0.15, 0.2) is 0 Å². The van der Waals surface area contributed by atoms with E-state index in [0.717, 1.165) is 21.6 Å². The minimum absolute atomic E-state index is 0.0560. The second-order valence-corrected chi connectivity index (χ2v) is 8.53. The molecule has 174 valence electrons. The van der Waals surface area contributed by atoms with E-state index in [-0.39, 0.29) is 24.3 Å². The topological polar surface area (TPSA) is 87.7 Å². The highest BCUT2D eigenvalue weighted by molar-refractivity contribution is 6.30. The number of carbonyl (C=O) groups excluding carboxylic acids is 3. The van der Waals surface area contributed by atoms with Crippen LogP contribution in [-0.2, 0) is 14.3 Å². The van der Waals surface area contributed by atoms with Gasteiger partial charge in [-0.25, -0.2) is 9.69 Å². The molecular formula is C26H24ClN3O4. The number of amides is 4. The highest BCUT2D eigenvalue weighted by Gasteiger charge is 2.35. The maximum atomic E-state index is 12.7. The highest BCUT2D eigenvalue weighted by atomic mass is 35.5. The molecule has 7 nitrogen and oxygen atoms in total. The van der Waals surface area contributed by atoms with Gasteiger partial charge in [-0.05, 0) is 41.0 Å². The molecule has 2 aliphatic rings. The van der Waals surface area contributed by atoms with E-state index in [4.69, 9.17) is 16.3 Å². The predicted molar refractivity (Wildman–Crippen MR) is 130 cm³/mol. The first-order valence-corrected chi connectivity index (χ1v) is 11.1. The Morgan fingerprint density at radius 3 is 2.38 bits per heavy atom. The lowest BCUT2D eigenvalue weighted by molar-refractivity contribution is -0.129. The summed E-state index contributed by atoms with van der Waals surface area (Å²) in [7, 11) is 1.62. The molecule has 4 rings (SSSR count). The highest BCUT2D eigenvalue weighted by Crippen LogP contribution is 2.23. The predicted octanol–water partition coefficient (Wildman–Crippen LogP) is 4.12. The first-order chi connectivity index (χ1) is 16.3. The van der Waals surface area contributed by atoms with Gasteiger partial charge in [-0.15, -0.1) is 0 Å². The van der Waals surface area contributed by atoms with Crippen LogP contribution < -0.4 is 10.6 Å². The number of ether oxygens (including phenoxy) is 1. The molecule has 34 heavy (non-hydrogen) atoms. The van der Waals surface area contributed by atoms with Gasteiger partial charge in [0.1, 0.15) is 12.2 Å². The minimum Gasteiger partial charge on any atom is -0.377 e. The average Bonchev–Trinajstić information content (AvgIpc) is 3.07. The van der Waals surface area contributed by atoms with Crippen LogP contribution in [0, 0.1) is 5.92 Å². The SMILES string of the molecule is COC1C=CC(NC(=O)CN2C(=O)N/C(=C\c3ccc(-c4ccc(Cl)cc4)cc3)C2=O)=CC1C. The number of nitrogens with zero attached hydrogens (tertiary/aromatic N) is 1. The number of methoxy groups -OCH3 is 1. The lowest BCUT2D eigenvalue weighted by Gasteiger charge is -2.22. The van der Waals surface area contributed by atoms with Gasteiger partial charge in [-0.3, -0.25) is 9.59 Å². The van der Waals surface area contributed by atoms with Crippen LogP contribution in [0.3, 0.4) is 0 Å². The van der Waals surface area contributed by atoms with Crippen molar-refractivity contribution in [2.75, 3.05) is 13.7 Å². The van der Waals surface area contributed by atoms with Crippen molar-refractivity contribution in [1.82, 2.24) is 15.5 Å². The molecule has 0 radical (unpaired) electrons. The molecule has 0 bridgehead atoms. The maximum Gasteiger partial charge on any atom is 0.329 e. The van der Waals surface area contributed by atoms with Gasteiger partial charge in [-0.1, -0.05) is 67.1 Å². The van der Waals surface area contributed by atoms with Crippen molar-refractivity contribution < 1.29 is 19.1 Å². The zero-order chi connectivity index (χ0) is 24.2. The van der Waals surface area contributed by atoms with E-state index in [1.54, 1.807) is 19.3 Å². The number of benzene rings is 2. The zero-order valence-electron chi connectivity index (χ0n) is 18.7. The van der Waals surface area contributed by atoms with Crippen LogP contribution in [-0.4, -0.2) is 42.5 Å².